The Hall–Kier alpha value is -0.230. The Morgan fingerprint density at radius 1 is 1.20 bits per heavy atom. The first-order chi connectivity index (χ1) is 13.6. The SMILES string of the molecule is C[C@H](CCC(=O)[O-])[C@H]1CC[C@H]2[C@@H]3C(=O)CC4CC(=O)CC[C@]4(C)C3CC(O)[C@]12C.[Na+]. The van der Waals surface area contributed by atoms with Crippen LogP contribution in [-0.2, 0) is 14.4 Å². The molecule has 3 unspecified atom stereocenters. The van der Waals surface area contributed by atoms with Gasteiger partial charge in [0.2, 0.25) is 0 Å². The molecular formula is C24H35NaO5. The van der Waals surface area contributed by atoms with Crippen molar-refractivity contribution in [3.63, 3.8) is 0 Å². The first-order valence-electron chi connectivity index (χ1n) is 11.5. The van der Waals surface area contributed by atoms with Crippen LogP contribution in [0, 0.1) is 46.3 Å². The summed E-state index contributed by atoms with van der Waals surface area (Å²) in [7, 11) is 0. The second-order valence-electron chi connectivity index (χ2n) is 11.0. The number of carboxylic acid groups (broad SMARTS) is 1. The van der Waals surface area contributed by atoms with E-state index in [0.29, 0.717) is 37.9 Å². The molecule has 162 valence electrons. The van der Waals surface area contributed by atoms with Gasteiger partial charge in [0.25, 0.3) is 0 Å². The molecule has 0 aliphatic heterocycles. The van der Waals surface area contributed by atoms with Crippen molar-refractivity contribution in [1.82, 2.24) is 0 Å². The molecule has 4 saturated carbocycles. The third-order valence-electron chi connectivity index (χ3n) is 9.96. The van der Waals surface area contributed by atoms with Crippen LogP contribution in [0.25, 0.3) is 0 Å². The third kappa shape index (κ3) is 3.66. The van der Waals surface area contributed by atoms with E-state index >= 15 is 0 Å². The van der Waals surface area contributed by atoms with Gasteiger partial charge in [0.15, 0.2) is 0 Å². The van der Waals surface area contributed by atoms with Crippen molar-refractivity contribution in [3.8, 4) is 0 Å². The van der Waals surface area contributed by atoms with E-state index in [2.05, 4.69) is 20.8 Å². The number of carbonyl (C=O) groups is 3. The van der Waals surface area contributed by atoms with Crippen LogP contribution in [0.1, 0.15) is 78.6 Å². The second kappa shape index (κ2) is 8.61. The Morgan fingerprint density at radius 3 is 2.57 bits per heavy atom. The van der Waals surface area contributed by atoms with Crippen LogP contribution in [0.15, 0.2) is 0 Å². The topological polar surface area (TPSA) is 94.5 Å². The molecule has 0 saturated heterocycles. The smallest absolute Gasteiger partial charge is 0.550 e. The van der Waals surface area contributed by atoms with Gasteiger partial charge in [-0.3, -0.25) is 9.59 Å². The first kappa shape index (κ1) is 24.4. The van der Waals surface area contributed by atoms with E-state index in [1.165, 1.54) is 0 Å². The maximum atomic E-state index is 13.3. The molecule has 0 bridgehead atoms. The molecular weight excluding hydrogens is 391 g/mol. The molecule has 0 aromatic heterocycles. The molecule has 4 aliphatic rings. The number of Topliss-reactive ketones (excluding diaryl/α,β-unsaturated/α-hetero) is 2. The molecule has 30 heavy (non-hydrogen) atoms. The van der Waals surface area contributed by atoms with E-state index < -0.39 is 12.1 Å². The average molecular weight is 427 g/mol. The van der Waals surface area contributed by atoms with Gasteiger partial charge in [-0.1, -0.05) is 20.8 Å². The summed E-state index contributed by atoms with van der Waals surface area (Å²) in [6, 6.07) is 0. The number of hydrogen-bond acceptors (Lipinski definition) is 5. The minimum atomic E-state index is -1.02. The largest absolute Gasteiger partial charge is 1.00 e. The Bertz CT molecular complexity index is 722. The van der Waals surface area contributed by atoms with Crippen molar-refractivity contribution in [3.05, 3.63) is 0 Å². The maximum Gasteiger partial charge on any atom is 1.00 e. The van der Waals surface area contributed by atoms with Crippen LogP contribution in [-0.4, -0.2) is 28.7 Å². The van der Waals surface area contributed by atoms with Gasteiger partial charge in [0.05, 0.1) is 6.10 Å². The number of carbonyl (C=O) groups excluding carboxylic acids is 3. The van der Waals surface area contributed by atoms with Crippen molar-refractivity contribution < 1.29 is 54.2 Å². The summed E-state index contributed by atoms with van der Waals surface area (Å²) in [5.41, 5.74) is -0.372. The van der Waals surface area contributed by atoms with Gasteiger partial charge in [-0.25, -0.2) is 0 Å². The number of ketones is 2. The monoisotopic (exact) mass is 426 g/mol. The number of fused-ring (bicyclic) bond motifs is 5. The van der Waals surface area contributed by atoms with E-state index in [1.807, 2.05) is 0 Å². The van der Waals surface area contributed by atoms with Crippen molar-refractivity contribution >= 4 is 17.5 Å². The average Bonchev–Trinajstić information content (AvgIpc) is 3.01. The normalized spacial score (nSPS) is 46.3. The van der Waals surface area contributed by atoms with Gasteiger partial charge < -0.3 is 15.0 Å². The molecule has 0 amide bonds. The molecule has 5 nitrogen and oxygen atoms in total. The molecule has 4 fully saturated rings. The maximum absolute atomic E-state index is 13.3. The van der Waals surface area contributed by atoms with Gasteiger partial charge >= 0.3 is 29.6 Å². The van der Waals surface area contributed by atoms with Gasteiger partial charge in [0.1, 0.15) is 11.6 Å². The third-order valence-corrected chi connectivity index (χ3v) is 9.96. The van der Waals surface area contributed by atoms with Gasteiger partial charge in [0, 0.05) is 36.6 Å². The van der Waals surface area contributed by atoms with E-state index in [0.717, 1.165) is 19.3 Å². The molecule has 0 aromatic carbocycles. The molecule has 1 N–H and O–H groups in total. The molecule has 4 aliphatic carbocycles. The standard InChI is InChI=1S/C24H36O5.Na/c1-13(4-7-21(28)29)16-5-6-17-22-18(12-20(27)24(16,17)3)23(2)9-8-15(25)10-14(23)11-19(22)26;/h13-14,16-18,20,22,27H,4-12H2,1-3H3,(H,28,29);/q;+1/p-1/t13-,14?,16-,17+,18?,20?,22+,23+,24-;/m1./s1. The number of hydrogen-bond donors (Lipinski definition) is 1. The summed E-state index contributed by atoms with van der Waals surface area (Å²) in [6.07, 6.45) is 5.12. The zero-order valence-corrected chi connectivity index (χ0v) is 21.0. The van der Waals surface area contributed by atoms with Gasteiger partial charge in [-0.15, -0.1) is 0 Å². The summed E-state index contributed by atoms with van der Waals surface area (Å²) in [5.74, 6) is 0.415. The summed E-state index contributed by atoms with van der Waals surface area (Å²) in [6.45, 7) is 6.50. The van der Waals surface area contributed by atoms with Crippen LogP contribution in [0.2, 0.25) is 0 Å². The fraction of sp³-hybridized carbons (Fsp3) is 0.875. The van der Waals surface area contributed by atoms with Crippen LogP contribution < -0.4 is 34.7 Å². The molecule has 0 heterocycles. The minimum absolute atomic E-state index is 0. The summed E-state index contributed by atoms with van der Waals surface area (Å²) in [4.78, 5) is 36.3. The molecule has 0 radical (unpaired) electrons. The summed E-state index contributed by atoms with van der Waals surface area (Å²) >= 11 is 0. The van der Waals surface area contributed by atoms with Crippen molar-refractivity contribution in [2.24, 2.45) is 46.3 Å². The van der Waals surface area contributed by atoms with Gasteiger partial charge in [-0.05, 0) is 73.5 Å². The predicted molar refractivity (Wildman–Crippen MR) is 105 cm³/mol. The Kier molecular flexibility index (Phi) is 7.00. The fourth-order valence-corrected chi connectivity index (χ4v) is 8.21. The van der Waals surface area contributed by atoms with Crippen molar-refractivity contribution in [2.45, 2.75) is 84.7 Å². The fourth-order valence-electron chi connectivity index (χ4n) is 8.21. The molecule has 4 rings (SSSR count). The van der Waals surface area contributed by atoms with E-state index in [-0.39, 0.29) is 88.1 Å². The zero-order chi connectivity index (χ0) is 21.1. The van der Waals surface area contributed by atoms with Crippen molar-refractivity contribution in [2.75, 3.05) is 0 Å². The zero-order valence-electron chi connectivity index (χ0n) is 19.0. The van der Waals surface area contributed by atoms with Crippen LogP contribution in [0.5, 0.6) is 0 Å². The Balaban J connectivity index is 0.00000256. The number of aliphatic carboxylic acids is 1. The second-order valence-corrected chi connectivity index (χ2v) is 11.0. The van der Waals surface area contributed by atoms with E-state index in [4.69, 9.17) is 0 Å². The number of aliphatic hydroxyl groups is 1. The summed E-state index contributed by atoms with van der Waals surface area (Å²) < 4.78 is 0. The number of rotatable bonds is 4. The molecule has 0 aromatic rings. The van der Waals surface area contributed by atoms with Crippen molar-refractivity contribution in [1.29, 1.82) is 0 Å². The quantitative estimate of drug-likeness (QED) is 0.614. The molecule has 0 spiro atoms. The number of carboxylic acids is 1. The number of aliphatic hydroxyl groups excluding tert-OH is 1. The van der Waals surface area contributed by atoms with Crippen LogP contribution >= 0.6 is 0 Å². The van der Waals surface area contributed by atoms with Crippen LogP contribution in [0.4, 0.5) is 0 Å². The minimum Gasteiger partial charge on any atom is -0.550 e. The molecule has 6 heteroatoms. The summed E-state index contributed by atoms with van der Waals surface area (Å²) in [5, 5.41) is 22.3. The Labute approximate surface area is 202 Å². The predicted octanol–water partition coefficient (Wildman–Crippen LogP) is -0.466. The van der Waals surface area contributed by atoms with E-state index in [1.54, 1.807) is 0 Å². The van der Waals surface area contributed by atoms with Crippen LogP contribution in [0.3, 0.4) is 0 Å². The van der Waals surface area contributed by atoms with E-state index in [9.17, 15) is 24.6 Å². The van der Waals surface area contributed by atoms with Gasteiger partial charge in [-0.2, -0.15) is 0 Å². The Morgan fingerprint density at radius 2 is 1.90 bits per heavy atom. The first-order valence-corrected chi connectivity index (χ1v) is 11.5. The molecule has 9 atom stereocenters.